The molecule has 2 aromatic carbocycles. The van der Waals surface area contributed by atoms with Gasteiger partial charge < -0.3 is 4.98 Å². The van der Waals surface area contributed by atoms with Crippen molar-refractivity contribution < 1.29 is 26.0 Å². The zero-order valence-electron chi connectivity index (χ0n) is 15.1. The molecule has 154 valence electrons. The number of halogens is 4. The lowest BCUT2D eigenvalue weighted by molar-refractivity contribution is -0.140. The fourth-order valence-electron chi connectivity index (χ4n) is 3.12. The van der Waals surface area contributed by atoms with Crippen LogP contribution in [0.25, 0.3) is 10.9 Å². The lowest BCUT2D eigenvalue weighted by Gasteiger charge is -2.18. The Morgan fingerprint density at radius 2 is 1.90 bits per heavy atom. The first-order chi connectivity index (χ1) is 13.6. The SMILES string of the molecule is C=CC[C@@H](Cc1c[nH]c2ccccc12)NS(=O)(=O)c1ccc(F)c(C(F)(F)F)c1. The van der Waals surface area contributed by atoms with Crippen molar-refractivity contribution in [2.24, 2.45) is 0 Å². The molecule has 2 N–H and O–H groups in total. The monoisotopic (exact) mass is 426 g/mol. The summed E-state index contributed by atoms with van der Waals surface area (Å²) < 4.78 is 80.0. The third-order valence-electron chi connectivity index (χ3n) is 4.47. The van der Waals surface area contributed by atoms with Gasteiger partial charge in [0, 0.05) is 23.1 Å². The van der Waals surface area contributed by atoms with E-state index in [1.54, 1.807) is 6.20 Å². The largest absolute Gasteiger partial charge is 0.419 e. The summed E-state index contributed by atoms with van der Waals surface area (Å²) in [6.07, 6.45) is -1.17. The molecule has 1 aromatic heterocycles. The second kappa shape index (κ2) is 8.00. The number of fused-ring (bicyclic) bond motifs is 1. The normalized spacial score (nSPS) is 13.5. The van der Waals surface area contributed by atoms with E-state index in [1.165, 1.54) is 6.08 Å². The summed E-state index contributed by atoms with van der Waals surface area (Å²) in [4.78, 5) is 2.44. The maximum Gasteiger partial charge on any atom is 0.419 e. The van der Waals surface area contributed by atoms with Gasteiger partial charge in [0.25, 0.3) is 0 Å². The van der Waals surface area contributed by atoms with Gasteiger partial charge >= 0.3 is 6.18 Å². The number of sulfonamides is 1. The van der Waals surface area contributed by atoms with Crippen molar-refractivity contribution in [3.63, 3.8) is 0 Å². The Bertz CT molecular complexity index is 1140. The first kappa shape index (κ1) is 21.1. The van der Waals surface area contributed by atoms with Gasteiger partial charge in [0.1, 0.15) is 5.82 Å². The zero-order chi connectivity index (χ0) is 21.2. The van der Waals surface area contributed by atoms with Crippen molar-refractivity contribution >= 4 is 20.9 Å². The number of hydrogen-bond acceptors (Lipinski definition) is 2. The van der Waals surface area contributed by atoms with E-state index < -0.39 is 38.5 Å². The standard InChI is InChI=1S/C20H18F4N2O2S/c1-2-5-14(10-13-12-25-19-7-4-3-6-16(13)19)26-29(27,28)15-8-9-18(21)17(11-15)20(22,23)24/h2-4,6-9,11-12,14,25-26H,1,5,10H2/t14-/m0/s1. The molecule has 3 aromatic rings. The highest BCUT2D eigenvalue weighted by molar-refractivity contribution is 7.89. The lowest BCUT2D eigenvalue weighted by Crippen LogP contribution is -2.36. The number of aromatic nitrogens is 1. The predicted octanol–water partition coefficient (Wildman–Crippen LogP) is 4.79. The minimum Gasteiger partial charge on any atom is -0.361 e. The molecule has 0 unspecified atom stereocenters. The molecule has 0 saturated heterocycles. The molecule has 29 heavy (non-hydrogen) atoms. The summed E-state index contributed by atoms with van der Waals surface area (Å²) in [5, 5.41) is 0.918. The van der Waals surface area contributed by atoms with Gasteiger partial charge in [0.05, 0.1) is 10.5 Å². The molecule has 0 bridgehead atoms. The number of rotatable bonds is 7. The third-order valence-corrected chi connectivity index (χ3v) is 5.99. The molecule has 0 aliphatic rings. The Morgan fingerprint density at radius 1 is 1.17 bits per heavy atom. The molecule has 3 rings (SSSR count). The van der Waals surface area contributed by atoms with Crippen LogP contribution in [0.5, 0.6) is 0 Å². The van der Waals surface area contributed by atoms with Gasteiger partial charge in [-0.15, -0.1) is 6.58 Å². The maximum atomic E-state index is 13.5. The van der Waals surface area contributed by atoms with Crippen molar-refractivity contribution in [1.82, 2.24) is 9.71 Å². The number of benzene rings is 2. The van der Waals surface area contributed by atoms with Crippen molar-refractivity contribution in [2.45, 2.75) is 30.0 Å². The Morgan fingerprint density at radius 3 is 2.59 bits per heavy atom. The molecule has 0 aliphatic carbocycles. The van der Waals surface area contributed by atoms with Crippen LogP contribution in [-0.4, -0.2) is 19.4 Å². The highest BCUT2D eigenvalue weighted by atomic mass is 32.2. The molecule has 0 fully saturated rings. The number of H-pyrrole nitrogens is 1. The predicted molar refractivity (Wildman–Crippen MR) is 102 cm³/mol. The average Bonchev–Trinajstić information content (AvgIpc) is 3.04. The second-order valence-corrected chi connectivity index (χ2v) is 8.26. The van der Waals surface area contributed by atoms with E-state index in [-0.39, 0.29) is 6.42 Å². The summed E-state index contributed by atoms with van der Waals surface area (Å²) in [6, 6.07) is 8.44. The quantitative estimate of drug-likeness (QED) is 0.422. The summed E-state index contributed by atoms with van der Waals surface area (Å²) in [5.41, 5.74) is 0.110. The summed E-state index contributed by atoms with van der Waals surface area (Å²) in [7, 11) is -4.31. The Hall–Kier alpha value is -2.65. The van der Waals surface area contributed by atoms with Crippen molar-refractivity contribution in [3.05, 3.63) is 78.3 Å². The van der Waals surface area contributed by atoms with Gasteiger partial charge in [-0.25, -0.2) is 17.5 Å². The van der Waals surface area contributed by atoms with Crippen LogP contribution < -0.4 is 4.72 Å². The van der Waals surface area contributed by atoms with E-state index in [2.05, 4.69) is 16.3 Å². The third kappa shape index (κ3) is 4.68. The first-order valence-corrected chi connectivity index (χ1v) is 10.1. The summed E-state index contributed by atoms with van der Waals surface area (Å²) >= 11 is 0. The molecule has 4 nitrogen and oxygen atoms in total. The van der Waals surface area contributed by atoms with Gasteiger partial charge in [-0.3, -0.25) is 0 Å². The van der Waals surface area contributed by atoms with Gasteiger partial charge in [0.2, 0.25) is 10.0 Å². The van der Waals surface area contributed by atoms with Crippen LogP contribution in [0.4, 0.5) is 17.6 Å². The number of aromatic amines is 1. The zero-order valence-corrected chi connectivity index (χ0v) is 15.9. The molecule has 0 amide bonds. The molecule has 0 saturated carbocycles. The van der Waals surface area contributed by atoms with Crippen LogP contribution in [0.3, 0.4) is 0 Å². The van der Waals surface area contributed by atoms with Crippen LogP contribution >= 0.6 is 0 Å². The molecule has 0 radical (unpaired) electrons. The van der Waals surface area contributed by atoms with E-state index in [1.807, 2.05) is 24.3 Å². The van der Waals surface area contributed by atoms with Crippen LogP contribution in [0, 0.1) is 5.82 Å². The molecule has 1 atom stereocenters. The highest BCUT2D eigenvalue weighted by Gasteiger charge is 2.35. The van der Waals surface area contributed by atoms with E-state index in [9.17, 15) is 26.0 Å². The summed E-state index contributed by atoms with van der Waals surface area (Å²) in [5.74, 6) is -1.53. The lowest BCUT2D eigenvalue weighted by atomic mass is 10.0. The van der Waals surface area contributed by atoms with E-state index >= 15 is 0 Å². The van der Waals surface area contributed by atoms with Gasteiger partial charge in [0.15, 0.2) is 0 Å². The molecular weight excluding hydrogens is 408 g/mol. The topological polar surface area (TPSA) is 62.0 Å². The fourth-order valence-corrected chi connectivity index (χ4v) is 4.39. The van der Waals surface area contributed by atoms with Crippen molar-refractivity contribution in [3.8, 4) is 0 Å². The molecule has 1 heterocycles. The molecule has 0 aliphatic heterocycles. The van der Waals surface area contributed by atoms with Gasteiger partial charge in [-0.05, 0) is 42.7 Å². The Kier molecular flexibility index (Phi) is 5.81. The Balaban J connectivity index is 1.89. The Labute approximate surface area is 165 Å². The summed E-state index contributed by atoms with van der Waals surface area (Å²) in [6.45, 7) is 3.61. The second-order valence-electron chi connectivity index (χ2n) is 6.55. The number of para-hydroxylation sites is 1. The van der Waals surface area contributed by atoms with Gasteiger partial charge in [-0.1, -0.05) is 24.3 Å². The highest BCUT2D eigenvalue weighted by Crippen LogP contribution is 2.33. The minimum atomic E-state index is -5.00. The van der Waals surface area contributed by atoms with Crippen molar-refractivity contribution in [2.75, 3.05) is 0 Å². The van der Waals surface area contributed by atoms with Crippen molar-refractivity contribution in [1.29, 1.82) is 0 Å². The van der Waals surface area contributed by atoms with E-state index in [0.29, 0.717) is 18.6 Å². The molecular formula is C20H18F4N2O2S. The van der Waals surface area contributed by atoms with E-state index in [4.69, 9.17) is 0 Å². The maximum absolute atomic E-state index is 13.5. The van der Waals surface area contributed by atoms with Crippen LogP contribution in [0.1, 0.15) is 17.5 Å². The molecule has 9 heteroatoms. The van der Waals surface area contributed by atoms with Crippen LogP contribution in [-0.2, 0) is 22.6 Å². The number of alkyl halides is 3. The minimum absolute atomic E-state index is 0.256. The smallest absolute Gasteiger partial charge is 0.361 e. The first-order valence-electron chi connectivity index (χ1n) is 8.67. The fraction of sp³-hybridized carbons (Fsp3) is 0.200. The van der Waals surface area contributed by atoms with Crippen LogP contribution in [0.15, 0.2) is 66.2 Å². The number of hydrogen-bond donors (Lipinski definition) is 2. The van der Waals surface area contributed by atoms with Gasteiger partial charge in [-0.2, -0.15) is 13.2 Å². The average molecular weight is 426 g/mol. The van der Waals surface area contributed by atoms with Crippen LogP contribution in [0.2, 0.25) is 0 Å². The molecule has 0 spiro atoms. The number of nitrogens with one attached hydrogen (secondary N) is 2. The van der Waals surface area contributed by atoms with E-state index in [0.717, 1.165) is 22.5 Å².